The first-order chi connectivity index (χ1) is 9.67. The first-order valence-electron chi connectivity index (χ1n) is 6.37. The van der Waals surface area contributed by atoms with Gasteiger partial charge in [-0.3, -0.25) is 4.90 Å². The Morgan fingerprint density at radius 1 is 1.25 bits per heavy atom. The maximum Gasteiger partial charge on any atom is 0.240 e. The number of hydrogen-bond acceptors (Lipinski definition) is 5. The standard InChI is InChI=1S/C13H14F2N4O/c14-10-1-2-11(15)9-6-19(4-3-8(9)10)7-12-17-13(5-16)20-18-12/h1-2H,3-7,16H2. The Morgan fingerprint density at radius 3 is 2.70 bits per heavy atom. The zero-order valence-electron chi connectivity index (χ0n) is 10.8. The van der Waals surface area contributed by atoms with Crippen LogP contribution in [0.1, 0.15) is 22.8 Å². The highest BCUT2D eigenvalue weighted by atomic mass is 19.1. The molecule has 0 saturated heterocycles. The van der Waals surface area contributed by atoms with Gasteiger partial charge in [0.15, 0.2) is 5.82 Å². The second-order valence-corrected chi connectivity index (χ2v) is 4.76. The Balaban J connectivity index is 1.77. The molecule has 1 aliphatic heterocycles. The SMILES string of the molecule is NCc1nc(CN2CCc3c(F)ccc(F)c3C2)no1. The van der Waals surface area contributed by atoms with Crippen molar-refractivity contribution in [1.29, 1.82) is 0 Å². The van der Waals surface area contributed by atoms with Crippen LogP contribution in [0.2, 0.25) is 0 Å². The lowest BCUT2D eigenvalue weighted by atomic mass is 9.98. The molecule has 0 aliphatic carbocycles. The van der Waals surface area contributed by atoms with Gasteiger partial charge in [0.25, 0.3) is 0 Å². The number of benzene rings is 1. The summed E-state index contributed by atoms with van der Waals surface area (Å²) in [6.45, 7) is 1.58. The van der Waals surface area contributed by atoms with E-state index in [4.69, 9.17) is 10.3 Å². The van der Waals surface area contributed by atoms with Crippen LogP contribution in [0, 0.1) is 11.6 Å². The largest absolute Gasteiger partial charge is 0.338 e. The molecule has 0 spiro atoms. The van der Waals surface area contributed by atoms with Gasteiger partial charge in [0.05, 0.1) is 13.1 Å². The fraction of sp³-hybridized carbons (Fsp3) is 0.385. The molecule has 1 aromatic heterocycles. The summed E-state index contributed by atoms with van der Waals surface area (Å²) >= 11 is 0. The van der Waals surface area contributed by atoms with Crippen molar-refractivity contribution in [2.45, 2.75) is 26.1 Å². The number of fused-ring (bicyclic) bond motifs is 1. The summed E-state index contributed by atoms with van der Waals surface area (Å²) in [5.41, 5.74) is 6.28. The molecule has 0 unspecified atom stereocenters. The topological polar surface area (TPSA) is 68.2 Å². The van der Waals surface area contributed by atoms with E-state index in [1.807, 2.05) is 4.90 Å². The van der Waals surface area contributed by atoms with E-state index < -0.39 is 0 Å². The molecule has 0 atom stereocenters. The van der Waals surface area contributed by atoms with Crippen molar-refractivity contribution in [2.24, 2.45) is 5.73 Å². The normalized spacial score (nSPS) is 15.3. The quantitative estimate of drug-likeness (QED) is 0.919. The van der Waals surface area contributed by atoms with E-state index in [2.05, 4.69) is 10.1 Å². The number of rotatable bonds is 3. The van der Waals surface area contributed by atoms with Crippen LogP contribution in [-0.2, 0) is 26.1 Å². The first-order valence-corrected chi connectivity index (χ1v) is 6.37. The maximum atomic E-state index is 13.8. The van der Waals surface area contributed by atoms with E-state index in [1.165, 1.54) is 12.1 Å². The minimum atomic E-state index is -0.373. The van der Waals surface area contributed by atoms with Crippen LogP contribution < -0.4 is 5.73 Å². The molecule has 1 aromatic carbocycles. The van der Waals surface area contributed by atoms with Gasteiger partial charge in [-0.2, -0.15) is 4.98 Å². The predicted molar refractivity (Wildman–Crippen MR) is 66.4 cm³/mol. The van der Waals surface area contributed by atoms with Crippen molar-refractivity contribution in [3.05, 3.63) is 46.6 Å². The Hall–Kier alpha value is -1.86. The van der Waals surface area contributed by atoms with Crippen molar-refractivity contribution in [2.75, 3.05) is 6.54 Å². The summed E-state index contributed by atoms with van der Waals surface area (Å²) in [5.74, 6) is 0.160. The number of nitrogens with two attached hydrogens (primary N) is 1. The molecule has 0 saturated carbocycles. The van der Waals surface area contributed by atoms with Crippen molar-refractivity contribution in [1.82, 2.24) is 15.0 Å². The van der Waals surface area contributed by atoms with E-state index in [-0.39, 0.29) is 18.2 Å². The average Bonchev–Trinajstić information content (AvgIpc) is 2.91. The molecule has 5 nitrogen and oxygen atoms in total. The van der Waals surface area contributed by atoms with E-state index in [9.17, 15) is 8.78 Å². The Bertz CT molecular complexity index is 629. The lowest BCUT2D eigenvalue weighted by Crippen LogP contribution is -2.31. The number of aromatic nitrogens is 2. The van der Waals surface area contributed by atoms with Crippen molar-refractivity contribution in [3.63, 3.8) is 0 Å². The molecule has 2 aromatic rings. The van der Waals surface area contributed by atoms with Gasteiger partial charge < -0.3 is 10.3 Å². The molecule has 0 fully saturated rings. The van der Waals surface area contributed by atoms with Gasteiger partial charge in [0.2, 0.25) is 5.89 Å². The molecule has 2 N–H and O–H groups in total. The molecular weight excluding hydrogens is 266 g/mol. The first kappa shape index (κ1) is 13.1. The fourth-order valence-electron chi connectivity index (χ4n) is 2.42. The second kappa shape index (κ2) is 5.26. The van der Waals surface area contributed by atoms with Crippen LogP contribution in [-0.4, -0.2) is 21.6 Å². The monoisotopic (exact) mass is 280 g/mol. The second-order valence-electron chi connectivity index (χ2n) is 4.76. The molecule has 0 radical (unpaired) electrons. The van der Waals surface area contributed by atoms with Crippen LogP contribution in [0.3, 0.4) is 0 Å². The lowest BCUT2D eigenvalue weighted by molar-refractivity contribution is 0.228. The van der Waals surface area contributed by atoms with Gasteiger partial charge in [-0.1, -0.05) is 5.16 Å². The fourth-order valence-corrected chi connectivity index (χ4v) is 2.42. The zero-order valence-corrected chi connectivity index (χ0v) is 10.8. The molecule has 7 heteroatoms. The van der Waals surface area contributed by atoms with Gasteiger partial charge in [0, 0.05) is 18.7 Å². The van der Waals surface area contributed by atoms with Crippen molar-refractivity contribution < 1.29 is 13.3 Å². The third-order valence-electron chi connectivity index (χ3n) is 3.43. The van der Waals surface area contributed by atoms with Crippen LogP contribution in [0.4, 0.5) is 8.78 Å². The molecule has 2 heterocycles. The Labute approximate surface area is 114 Å². The number of nitrogens with zero attached hydrogens (tertiary/aromatic N) is 3. The van der Waals surface area contributed by atoms with Gasteiger partial charge >= 0.3 is 0 Å². The third kappa shape index (κ3) is 2.41. The smallest absolute Gasteiger partial charge is 0.240 e. The lowest BCUT2D eigenvalue weighted by Gasteiger charge is -2.28. The maximum absolute atomic E-state index is 13.8. The summed E-state index contributed by atoms with van der Waals surface area (Å²) < 4.78 is 32.3. The molecule has 0 bridgehead atoms. The molecule has 20 heavy (non-hydrogen) atoms. The van der Waals surface area contributed by atoms with E-state index in [0.717, 1.165) is 0 Å². The minimum Gasteiger partial charge on any atom is -0.338 e. The molecule has 3 rings (SSSR count). The summed E-state index contributed by atoms with van der Waals surface area (Å²) in [7, 11) is 0. The summed E-state index contributed by atoms with van der Waals surface area (Å²) in [6, 6.07) is 2.34. The van der Waals surface area contributed by atoms with E-state index in [0.29, 0.717) is 48.9 Å². The van der Waals surface area contributed by atoms with Crippen LogP contribution in [0.15, 0.2) is 16.7 Å². The highest BCUT2D eigenvalue weighted by molar-refractivity contribution is 5.32. The van der Waals surface area contributed by atoms with E-state index in [1.54, 1.807) is 0 Å². The molecular formula is C13H14F2N4O. The zero-order chi connectivity index (χ0) is 14.1. The molecule has 106 valence electrons. The summed E-state index contributed by atoms with van der Waals surface area (Å²) in [4.78, 5) is 6.06. The highest BCUT2D eigenvalue weighted by Crippen LogP contribution is 2.25. The van der Waals surface area contributed by atoms with Gasteiger partial charge in [-0.25, -0.2) is 8.78 Å². The van der Waals surface area contributed by atoms with Crippen molar-refractivity contribution in [3.8, 4) is 0 Å². The minimum absolute atomic E-state index is 0.190. The van der Waals surface area contributed by atoms with E-state index >= 15 is 0 Å². The third-order valence-corrected chi connectivity index (χ3v) is 3.43. The van der Waals surface area contributed by atoms with Crippen LogP contribution in [0.25, 0.3) is 0 Å². The predicted octanol–water partition coefficient (Wildman–Crippen LogP) is 1.36. The highest BCUT2D eigenvalue weighted by Gasteiger charge is 2.23. The van der Waals surface area contributed by atoms with Crippen LogP contribution in [0.5, 0.6) is 0 Å². The molecule has 1 aliphatic rings. The van der Waals surface area contributed by atoms with Gasteiger partial charge in [0.1, 0.15) is 11.6 Å². The molecule has 0 amide bonds. The van der Waals surface area contributed by atoms with Gasteiger partial charge in [-0.15, -0.1) is 0 Å². The number of halogens is 2. The Kier molecular flexibility index (Phi) is 3.45. The summed E-state index contributed by atoms with van der Waals surface area (Å²) in [6.07, 6.45) is 0.473. The Morgan fingerprint density at radius 2 is 2.00 bits per heavy atom. The number of hydrogen-bond donors (Lipinski definition) is 1. The van der Waals surface area contributed by atoms with Crippen LogP contribution >= 0.6 is 0 Å². The summed E-state index contributed by atoms with van der Waals surface area (Å²) in [5, 5.41) is 3.80. The average molecular weight is 280 g/mol. The van der Waals surface area contributed by atoms with Crippen molar-refractivity contribution >= 4 is 0 Å². The van der Waals surface area contributed by atoms with Gasteiger partial charge in [-0.05, 0) is 24.1 Å².